The van der Waals surface area contributed by atoms with Crippen LogP contribution in [0.4, 0.5) is 0 Å². The molecule has 0 amide bonds. The third-order valence-electron chi connectivity index (χ3n) is 4.47. The van der Waals surface area contributed by atoms with E-state index in [0.29, 0.717) is 6.04 Å². The van der Waals surface area contributed by atoms with Crippen molar-refractivity contribution in [1.29, 1.82) is 0 Å². The second-order valence-corrected chi connectivity index (χ2v) is 5.99. The first-order valence-electron chi connectivity index (χ1n) is 8.34. The molecule has 1 fully saturated rings. The molecule has 1 unspecified atom stereocenters. The molecule has 0 N–H and O–H groups in total. The summed E-state index contributed by atoms with van der Waals surface area (Å²) in [6, 6.07) is 10.9. The molecule has 1 aromatic heterocycles. The van der Waals surface area contributed by atoms with Crippen LogP contribution in [0.3, 0.4) is 0 Å². The zero-order chi connectivity index (χ0) is 16.8. The Labute approximate surface area is 142 Å². The van der Waals surface area contributed by atoms with Crippen LogP contribution >= 0.6 is 0 Å². The minimum absolute atomic E-state index is 0.334. The Bertz CT molecular complexity index is 677. The van der Waals surface area contributed by atoms with Crippen LogP contribution in [0.2, 0.25) is 0 Å². The molecule has 1 aliphatic rings. The highest BCUT2D eigenvalue weighted by Gasteiger charge is 2.25. The molecule has 1 atom stereocenters. The maximum Gasteiger partial charge on any atom is 0.330 e. The van der Waals surface area contributed by atoms with E-state index in [-0.39, 0.29) is 5.97 Å². The van der Waals surface area contributed by atoms with Gasteiger partial charge in [0.05, 0.1) is 13.7 Å². The largest absolute Gasteiger partial charge is 0.466 e. The molecule has 2 heterocycles. The molecule has 0 saturated carbocycles. The predicted molar refractivity (Wildman–Crippen MR) is 93.3 cm³/mol. The van der Waals surface area contributed by atoms with E-state index in [9.17, 15) is 4.79 Å². The van der Waals surface area contributed by atoms with Gasteiger partial charge in [-0.1, -0.05) is 24.3 Å². The van der Waals surface area contributed by atoms with Crippen LogP contribution in [0.1, 0.15) is 30.0 Å². The SMILES string of the molecule is COC(=O)/C=C/c1ccc(C2CCCN2CCn2cccn2)cc1. The van der Waals surface area contributed by atoms with Gasteiger partial charge < -0.3 is 4.74 Å². The summed E-state index contributed by atoms with van der Waals surface area (Å²) in [6.07, 6.45) is 9.47. The number of aromatic nitrogens is 2. The maximum absolute atomic E-state index is 11.2. The van der Waals surface area contributed by atoms with Gasteiger partial charge in [0.25, 0.3) is 0 Å². The minimum Gasteiger partial charge on any atom is -0.466 e. The molecule has 0 spiro atoms. The van der Waals surface area contributed by atoms with Crippen molar-refractivity contribution in [3.63, 3.8) is 0 Å². The van der Waals surface area contributed by atoms with Crippen molar-refractivity contribution < 1.29 is 9.53 Å². The Morgan fingerprint density at radius 1 is 1.33 bits per heavy atom. The molecule has 0 bridgehead atoms. The number of methoxy groups -OCH3 is 1. The highest BCUT2D eigenvalue weighted by atomic mass is 16.5. The lowest BCUT2D eigenvalue weighted by Crippen LogP contribution is -2.27. The monoisotopic (exact) mass is 325 g/mol. The lowest BCUT2D eigenvalue weighted by Gasteiger charge is -2.24. The zero-order valence-corrected chi connectivity index (χ0v) is 14.0. The van der Waals surface area contributed by atoms with Gasteiger partial charge in [-0.05, 0) is 42.7 Å². The Morgan fingerprint density at radius 3 is 2.88 bits per heavy atom. The van der Waals surface area contributed by atoms with Crippen LogP contribution in [0.5, 0.6) is 0 Å². The van der Waals surface area contributed by atoms with Gasteiger partial charge in [0.2, 0.25) is 0 Å². The molecule has 5 nitrogen and oxygen atoms in total. The van der Waals surface area contributed by atoms with Crippen molar-refractivity contribution in [2.45, 2.75) is 25.4 Å². The summed E-state index contributed by atoms with van der Waals surface area (Å²) in [5.74, 6) is -0.334. The van der Waals surface area contributed by atoms with Crippen LogP contribution in [-0.2, 0) is 16.1 Å². The van der Waals surface area contributed by atoms with E-state index < -0.39 is 0 Å². The van der Waals surface area contributed by atoms with Crippen molar-refractivity contribution in [3.8, 4) is 0 Å². The molecule has 126 valence electrons. The second-order valence-electron chi connectivity index (χ2n) is 5.99. The first-order chi connectivity index (χ1) is 11.8. The summed E-state index contributed by atoms with van der Waals surface area (Å²) in [5, 5.41) is 4.27. The maximum atomic E-state index is 11.2. The lowest BCUT2D eigenvalue weighted by molar-refractivity contribution is -0.134. The molecule has 1 aromatic carbocycles. The average molecular weight is 325 g/mol. The van der Waals surface area contributed by atoms with Gasteiger partial charge in [-0.25, -0.2) is 4.79 Å². The summed E-state index contributed by atoms with van der Waals surface area (Å²) >= 11 is 0. The molecular weight excluding hydrogens is 302 g/mol. The van der Waals surface area contributed by atoms with E-state index in [4.69, 9.17) is 0 Å². The first-order valence-corrected chi connectivity index (χ1v) is 8.34. The molecule has 2 aromatic rings. The van der Waals surface area contributed by atoms with Gasteiger partial charge >= 0.3 is 5.97 Å². The Balaban J connectivity index is 1.62. The third-order valence-corrected chi connectivity index (χ3v) is 4.47. The summed E-state index contributed by atoms with van der Waals surface area (Å²) in [4.78, 5) is 13.7. The number of carbonyl (C=O) groups excluding carboxylic acids is 1. The Kier molecular flexibility index (Phi) is 5.43. The van der Waals surface area contributed by atoms with Crippen molar-refractivity contribution in [2.24, 2.45) is 0 Å². The number of benzene rings is 1. The van der Waals surface area contributed by atoms with Gasteiger partial charge in [0.15, 0.2) is 0 Å². The molecule has 24 heavy (non-hydrogen) atoms. The molecule has 0 radical (unpaired) electrons. The van der Waals surface area contributed by atoms with Crippen molar-refractivity contribution in [2.75, 3.05) is 20.2 Å². The van der Waals surface area contributed by atoms with Crippen LogP contribution in [0, 0.1) is 0 Å². The number of rotatable bonds is 6. The summed E-state index contributed by atoms with van der Waals surface area (Å²) in [7, 11) is 1.38. The Morgan fingerprint density at radius 2 is 2.17 bits per heavy atom. The fourth-order valence-corrected chi connectivity index (χ4v) is 3.20. The number of carbonyl (C=O) groups is 1. The molecule has 3 rings (SSSR count). The number of ether oxygens (including phenoxy) is 1. The smallest absolute Gasteiger partial charge is 0.330 e. The number of hydrogen-bond donors (Lipinski definition) is 0. The molecule has 5 heteroatoms. The van der Waals surface area contributed by atoms with Gasteiger partial charge in [-0.15, -0.1) is 0 Å². The highest BCUT2D eigenvalue weighted by molar-refractivity contribution is 5.86. The van der Waals surface area contributed by atoms with Gasteiger partial charge in [0.1, 0.15) is 0 Å². The van der Waals surface area contributed by atoms with Crippen LogP contribution in [0.25, 0.3) is 6.08 Å². The molecule has 1 aliphatic heterocycles. The van der Waals surface area contributed by atoms with Crippen molar-refractivity contribution in [1.82, 2.24) is 14.7 Å². The summed E-state index contributed by atoms with van der Waals surface area (Å²) in [5.41, 5.74) is 2.34. The lowest BCUT2D eigenvalue weighted by atomic mass is 10.0. The van der Waals surface area contributed by atoms with Gasteiger partial charge in [-0.2, -0.15) is 5.10 Å². The van der Waals surface area contributed by atoms with E-state index in [0.717, 1.165) is 25.2 Å². The van der Waals surface area contributed by atoms with E-state index >= 15 is 0 Å². The standard InChI is InChI=1S/C19H23N3O2/c1-24-19(23)10-7-16-5-8-17(9-6-16)18-4-2-12-21(18)14-15-22-13-3-11-20-22/h3,5-11,13,18H,2,4,12,14-15H2,1H3/b10-7+. The quantitative estimate of drug-likeness (QED) is 0.605. The van der Waals surface area contributed by atoms with E-state index in [1.807, 2.05) is 23.1 Å². The first kappa shape index (κ1) is 16.5. The van der Waals surface area contributed by atoms with E-state index in [2.05, 4.69) is 39.0 Å². The topological polar surface area (TPSA) is 47.4 Å². The zero-order valence-electron chi connectivity index (χ0n) is 14.0. The van der Waals surface area contributed by atoms with Crippen molar-refractivity contribution >= 4 is 12.0 Å². The molecular formula is C19H23N3O2. The van der Waals surface area contributed by atoms with E-state index in [1.165, 1.54) is 31.6 Å². The van der Waals surface area contributed by atoms with Gasteiger partial charge in [0, 0.05) is 31.1 Å². The third kappa shape index (κ3) is 4.11. The summed E-state index contributed by atoms with van der Waals surface area (Å²) < 4.78 is 6.59. The number of esters is 1. The highest BCUT2D eigenvalue weighted by Crippen LogP contribution is 2.31. The number of likely N-dealkylation sites (tertiary alicyclic amines) is 1. The number of hydrogen-bond acceptors (Lipinski definition) is 4. The second kappa shape index (κ2) is 7.93. The fraction of sp³-hybridized carbons (Fsp3) is 0.368. The van der Waals surface area contributed by atoms with Crippen LogP contribution in [-0.4, -0.2) is 40.8 Å². The summed E-state index contributed by atoms with van der Waals surface area (Å²) in [6.45, 7) is 3.07. The van der Waals surface area contributed by atoms with Crippen LogP contribution < -0.4 is 0 Å². The number of nitrogens with zero attached hydrogens (tertiary/aromatic N) is 3. The molecule has 1 saturated heterocycles. The average Bonchev–Trinajstić information content (AvgIpc) is 3.29. The fourth-order valence-electron chi connectivity index (χ4n) is 3.20. The van der Waals surface area contributed by atoms with Crippen LogP contribution in [0.15, 0.2) is 48.8 Å². The van der Waals surface area contributed by atoms with Crippen molar-refractivity contribution in [3.05, 3.63) is 59.9 Å². The molecule has 0 aliphatic carbocycles. The van der Waals surface area contributed by atoms with E-state index in [1.54, 1.807) is 6.08 Å². The van der Waals surface area contributed by atoms with Gasteiger partial charge in [-0.3, -0.25) is 9.58 Å². The normalized spacial score (nSPS) is 18.3. The predicted octanol–water partition coefficient (Wildman–Crippen LogP) is 2.91. The Hall–Kier alpha value is -2.40. The minimum atomic E-state index is -0.334.